The standard InChI is InChI=1S/C14H17FN2O3S2/c15-11-4-1-7-16(10-11)14(18)12-5-2-8-17(12)22(19,20)13-6-3-9-21-13/h3-4,6,9,12H,1-2,5,7-8,10H2/t12-/m1/s1. The Hall–Kier alpha value is -1.25. The molecule has 0 aliphatic carbocycles. The van der Waals surface area contributed by atoms with Gasteiger partial charge >= 0.3 is 0 Å². The molecule has 1 aromatic rings. The lowest BCUT2D eigenvalue weighted by molar-refractivity contribution is -0.134. The van der Waals surface area contributed by atoms with E-state index in [0.717, 1.165) is 11.3 Å². The van der Waals surface area contributed by atoms with Gasteiger partial charge < -0.3 is 4.90 Å². The van der Waals surface area contributed by atoms with Crippen LogP contribution in [-0.4, -0.2) is 49.2 Å². The fourth-order valence-corrected chi connectivity index (χ4v) is 5.67. The van der Waals surface area contributed by atoms with Crippen LogP contribution in [-0.2, 0) is 14.8 Å². The van der Waals surface area contributed by atoms with Crippen molar-refractivity contribution in [1.29, 1.82) is 0 Å². The summed E-state index contributed by atoms with van der Waals surface area (Å²) in [6.45, 7) is 0.723. The van der Waals surface area contributed by atoms with Crippen LogP contribution in [0.25, 0.3) is 0 Å². The first kappa shape index (κ1) is 15.6. The summed E-state index contributed by atoms with van der Waals surface area (Å²) in [5.41, 5.74) is 0. The van der Waals surface area contributed by atoms with Crippen molar-refractivity contribution >= 4 is 27.3 Å². The molecule has 0 bridgehead atoms. The molecular formula is C14H17FN2O3S2. The molecule has 22 heavy (non-hydrogen) atoms. The number of rotatable bonds is 3. The fraction of sp³-hybridized carbons (Fsp3) is 0.500. The first-order valence-corrected chi connectivity index (χ1v) is 9.51. The predicted molar refractivity (Wildman–Crippen MR) is 81.6 cm³/mol. The lowest BCUT2D eigenvalue weighted by atomic mass is 10.1. The fourth-order valence-electron chi connectivity index (χ4n) is 2.90. The molecule has 1 aromatic heterocycles. The molecule has 1 atom stereocenters. The summed E-state index contributed by atoms with van der Waals surface area (Å²) in [7, 11) is -3.65. The second-order valence-corrected chi connectivity index (χ2v) is 8.47. The Morgan fingerprint density at radius 2 is 2.18 bits per heavy atom. The van der Waals surface area contributed by atoms with Crippen molar-refractivity contribution in [2.45, 2.75) is 29.5 Å². The summed E-state index contributed by atoms with van der Waals surface area (Å²) in [5.74, 6) is -0.619. The number of amides is 1. The monoisotopic (exact) mass is 344 g/mol. The van der Waals surface area contributed by atoms with Crippen LogP contribution >= 0.6 is 11.3 Å². The molecule has 5 nitrogen and oxygen atoms in total. The molecule has 1 amide bonds. The predicted octanol–water partition coefficient (Wildman–Crippen LogP) is 1.99. The van der Waals surface area contributed by atoms with Crippen molar-refractivity contribution in [3.05, 3.63) is 29.4 Å². The molecule has 0 N–H and O–H groups in total. The van der Waals surface area contributed by atoms with Crippen LogP contribution in [0.5, 0.6) is 0 Å². The molecule has 0 saturated carbocycles. The van der Waals surface area contributed by atoms with Gasteiger partial charge in [0, 0.05) is 13.1 Å². The summed E-state index contributed by atoms with van der Waals surface area (Å²) in [4.78, 5) is 14.0. The maximum atomic E-state index is 13.4. The maximum absolute atomic E-state index is 13.4. The van der Waals surface area contributed by atoms with E-state index in [2.05, 4.69) is 0 Å². The Balaban J connectivity index is 1.82. The first-order valence-electron chi connectivity index (χ1n) is 7.19. The second kappa shape index (κ2) is 6.10. The van der Waals surface area contributed by atoms with E-state index < -0.39 is 16.1 Å². The van der Waals surface area contributed by atoms with Gasteiger partial charge in [0.15, 0.2) is 0 Å². The molecule has 1 fully saturated rings. The number of hydrogen-bond donors (Lipinski definition) is 0. The highest BCUT2D eigenvalue weighted by Gasteiger charge is 2.41. The summed E-state index contributed by atoms with van der Waals surface area (Å²) >= 11 is 1.14. The molecule has 0 aromatic carbocycles. The van der Waals surface area contributed by atoms with Gasteiger partial charge in [-0.1, -0.05) is 6.07 Å². The van der Waals surface area contributed by atoms with Gasteiger partial charge in [-0.25, -0.2) is 12.8 Å². The van der Waals surface area contributed by atoms with Crippen molar-refractivity contribution in [2.75, 3.05) is 19.6 Å². The first-order chi connectivity index (χ1) is 10.5. The lowest BCUT2D eigenvalue weighted by Crippen LogP contribution is -2.48. The Labute approximate surface area is 133 Å². The highest BCUT2D eigenvalue weighted by molar-refractivity contribution is 7.91. The van der Waals surface area contributed by atoms with Gasteiger partial charge in [0.25, 0.3) is 10.0 Å². The van der Waals surface area contributed by atoms with Gasteiger partial charge in [-0.15, -0.1) is 11.3 Å². The third kappa shape index (κ3) is 2.82. The van der Waals surface area contributed by atoms with Crippen LogP contribution in [0.15, 0.2) is 33.6 Å². The van der Waals surface area contributed by atoms with E-state index in [0.29, 0.717) is 32.4 Å². The number of carbonyl (C=O) groups excluding carboxylic acids is 1. The molecule has 3 rings (SSSR count). The van der Waals surface area contributed by atoms with Crippen molar-refractivity contribution in [1.82, 2.24) is 9.21 Å². The van der Waals surface area contributed by atoms with Gasteiger partial charge in [0.2, 0.25) is 5.91 Å². The van der Waals surface area contributed by atoms with E-state index in [1.54, 1.807) is 17.5 Å². The van der Waals surface area contributed by atoms with E-state index in [1.807, 2.05) is 0 Å². The van der Waals surface area contributed by atoms with Crippen LogP contribution in [0.2, 0.25) is 0 Å². The molecule has 3 heterocycles. The van der Waals surface area contributed by atoms with Crippen LogP contribution in [0.3, 0.4) is 0 Å². The smallest absolute Gasteiger partial charge is 0.253 e. The summed E-state index contributed by atoms with van der Waals surface area (Å²) in [6, 6.07) is 2.51. The molecule has 120 valence electrons. The third-order valence-electron chi connectivity index (χ3n) is 3.97. The second-order valence-electron chi connectivity index (χ2n) is 5.41. The average molecular weight is 344 g/mol. The van der Waals surface area contributed by atoms with Gasteiger partial charge in [-0.05, 0) is 36.8 Å². The zero-order valence-electron chi connectivity index (χ0n) is 11.9. The summed E-state index contributed by atoms with van der Waals surface area (Å²) < 4.78 is 40.2. The maximum Gasteiger partial charge on any atom is 0.253 e. The third-order valence-corrected chi connectivity index (χ3v) is 7.25. The molecule has 2 aliphatic heterocycles. The van der Waals surface area contributed by atoms with Crippen molar-refractivity contribution in [3.63, 3.8) is 0 Å². The minimum atomic E-state index is -3.65. The molecule has 1 saturated heterocycles. The van der Waals surface area contributed by atoms with Crippen LogP contribution < -0.4 is 0 Å². The molecule has 0 unspecified atom stereocenters. The van der Waals surface area contributed by atoms with E-state index in [1.165, 1.54) is 15.3 Å². The van der Waals surface area contributed by atoms with E-state index >= 15 is 0 Å². The minimum Gasteiger partial charge on any atom is -0.334 e. The van der Waals surface area contributed by atoms with Crippen LogP contribution in [0.4, 0.5) is 4.39 Å². The lowest BCUT2D eigenvalue weighted by Gasteiger charge is -2.30. The van der Waals surface area contributed by atoms with Gasteiger partial charge in [0.05, 0.1) is 6.54 Å². The van der Waals surface area contributed by atoms with E-state index in [4.69, 9.17) is 0 Å². The van der Waals surface area contributed by atoms with E-state index in [9.17, 15) is 17.6 Å². The van der Waals surface area contributed by atoms with Gasteiger partial charge in [0.1, 0.15) is 16.1 Å². The summed E-state index contributed by atoms with van der Waals surface area (Å²) in [6.07, 6.45) is 3.08. The number of sulfonamides is 1. The highest BCUT2D eigenvalue weighted by atomic mass is 32.2. The average Bonchev–Trinajstić information content (AvgIpc) is 3.18. The Morgan fingerprint density at radius 1 is 1.36 bits per heavy atom. The SMILES string of the molecule is O=C([C@H]1CCCN1S(=O)(=O)c1cccs1)N1CCC=C(F)C1. The number of nitrogens with zero attached hydrogens (tertiary/aromatic N) is 2. The zero-order valence-corrected chi connectivity index (χ0v) is 13.6. The van der Waals surface area contributed by atoms with Gasteiger partial charge in [-0.2, -0.15) is 4.31 Å². The van der Waals surface area contributed by atoms with Crippen LogP contribution in [0, 0.1) is 0 Å². The Bertz CT molecular complexity index is 685. The Kier molecular flexibility index (Phi) is 4.33. The van der Waals surface area contributed by atoms with Crippen molar-refractivity contribution in [3.8, 4) is 0 Å². The van der Waals surface area contributed by atoms with E-state index in [-0.39, 0.29) is 22.5 Å². The minimum absolute atomic E-state index is 0.0534. The molecular weight excluding hydrogens is 327 g/mol. The summed E-state index contributed by atoms with van der Waals surface area (Å²) in [5, 5.41) is 1.70. The topological polar surface area (TPSA) is 57.7 Å². The molecule has 0 spiro atoms. The van der Waals surface area contributed by atoms with Crippen molar-refractivity contribution in [2.24, 2.45) is 0 Å². The van der Waals surface area contributed by atoms with Crippen LogP contribution in [0.1, 0.15) is 19.3 Å². The van der Waals surface area contributed by atoms with Gasteiger partial charge in [-0.3, -0.25) is 4.79 Å². The van der Waals surface area contributed by atoms with Crippen molar-refractivity contribution < 1.29 is 17.6 Å². The normalized spacial score (nSPS) is 23.6. The molecule has 8 heteroatoms. The Morgan fingerprint density at radius 3 is 2.86 bits per heavy atom. The highest BCUT2D eigenvalue weighted by Crippen LogP contribution is 2.30. The molecule has 0 radical (unpaired) electrons. The number of hydrogen-bond acceptors (Lipinski definition) is 4. The number of carbonyl (C=O) groups is 1. The largest absolute Gasteiger partial charge is 0.334 e. The number of halogens is 1. The molecule has 2 aliphatic rings. The zero-order chi connectivity index (χ0) is 15.7. The quantitative estimate of drug-likeness (QED) is 0.842. The number of thiophene rings is 1.